The number of halogens is 4. The zero-order valence-corrected chi connectivity index (χ0v) is 13.2. The molecule has 0 saturated heterocycles. The number of carbonyl (C=O) groups is 1. The van der Waals surface area contributed by atoms with Gasteiger partial charge >= 0.3 is 6.18 Å². The van der Waals surface area contributed by atoms with Gasteiger partial charge < -0.3 is 5.32 Å². The summed E-state index contributed by atoms with van der Waals surface area (Å²) in [5, 5.41) is 12.5. The predicted octanol–water partition coefficient (Wildman–Crippen LogP) is 2.72. The maximum Gasteiger partial charge on any atom is 0.432 e. The quantitative estimate of drug-likeness (QED) is 0.815. The van der Waals surface area contributed by atoms with E-state index in [9.17, 15) is 18.0 Å². The van der Waals surface area contributed by atoms with Crippen LogP contribution in [0.2, 0.25) is 5.02 Å². The third-order valence-corrected chi connectivity index (χ3v) is 3.79. The molecule has 2 aromatic rings. The molecule has 126 valence electrons. The lowest BCUT2D eigenvalue weighted by Crippen LogP contribution is -2.25. The second-order valence-corrected chi connectivity index (χ2v) is 5.36. The van der Waals surface area contributed by atoms with Crippen molar-refractivity contribution in [3.63, 3.8) is 0 Å². The van der Waals surface area contributed by atoms with Gasteiger partial charge in [0.05, 0.1) is 16.4 Å². The fourth-order valence-corrected chi connectivity index (χ4v) is 2.13. The number of nitrogens with one attached hydrogen (secondary N) is 2. The molecular formula is C13H15ClF3N5O. The van der Waals surface area contributed by atoms with Crippen LogP contribution in [0.15, 0.2) is 6.07 Å². The Balaban J connectivity index is 1.83. The topological polar surface area (TPSA) is 75.6 Å². The van der Waals surface area contributed by atoms with Crippen LogP contribution in [-0.4, -0.2) is 32.4 Å². The Morgan fingerprint density at radius 3 is 2.65 bits per heavy atom. The van der Waals surface area contributed by atoms with Crippen molar-refractivity contribution in [2.75, 3.05) is 6.54 Å². The van der Waals surface area contributed by atoms with Crippen LogP contribution in [0.25, 0.3) is 0 Å². The summed E-state index contributed by atoms with van der Waals surface area (Å²) in [6, 6.07) is 0.677. The van der Waals surface area contributed by atoms with Gasteiger partial charge in [-0.3, -0.25) is 14.6 Å². The normalized spacial score (nSPS) is 11.7. The highest BCUT2D eigenvalue weighted by molar-refractivity contribution is 6.31. The van der Waals surface area contributed by atoms with Crippen molar-refractivity contribution in [2.24, 2.45) is 0 Å². The Kier molecular flexibility index (Phi) is 4.98. The largest absolute Gasteiger partial charge is 0.432 e. The molecule has 0 bridgehead atoms. The number of aryl methyl sites for hydroxylation is 2. The van der Waals surface area contributed by atoms with Crippen molar-refractivity contribution in [1.82, 2.24) is 25.3 Å². The van der Waals surface area contributed by atoms with E-state index in [1.807, 2.05) is 6.92 Å². The van der Waals surface area contributed by atoms with Gasteiger partial charge in [-0.25, -0.2) is 0 Å². The fraction of sp³-hybridized carbons (Fsp3) is 0.462. The highest BCUT2D eigenvalue weighted by atomic mass is 35.5. The second-order valence-electron chi connectivity index (χ2n) is 4.98. The number of alkyl halides is 3. The van der Waals surface area contributed by atoms with Gasteiger partial charge in [-0.15, -0.1) is 0 Å². The van der Waals surface area contributed by atoms with Crippen LogP contribution < -0.4 is 5.32 Å². The standard InChI is InChI=1S/C13H15ClF3N5O/c1-7-11(14)8(2)22(21-7)5-3-4-18-12(23)9-6-10(20-19-9)13(15,16)17/h6H,3-5H2,1-2H3,(H,18,23)(H,19,20). The van der Waals surface area contributed by atoms with E-state index >= 15 is 0 Å². The van der Waals surface area contributed by atoms with E-state index in [2.05, 4.69) is 15.5 Å². The number of hydrogen-bond donors (Lipinski definition) is 2. The maximum absolute atomic E-state index is 12.4. The van der Waals surface area contributed by atoms with Crippen LogP contribution in [0.1, 0.15) is 34.0 Å². The van der Waals surface area contributed by atoms with Gasteiger partial charge in [-0.2, -0.15) is 23.4 Å². The number of aromatic amines is 1. The third-order valence-electron chi connectivity index (χ3n) is 3.24. The van der Waals surface area contributed by atoms with Crippen molar-refractivity contribution in [3.05, 3.63) is 33.9 Å². The second kappa shape index (κ2) is 6.61. The Morgan fingerprint density at radius 1 is 1.43 bits per heavy atom. The highest BCUT2D eigenvalue weighted by Crippen LogP contribution is 2.27. The minimum Gasteiger partial charge on any atom is -0.351 e. The molecule has 6 nitrogen and oxygen atoms in total. The number of aromatic nitrogens is 4. The SMILES string of the molecule is Cc1nn(CCCNC(=O)c2cc(C(F)(F)F)[nH]n2)c(C)c1Cl. The average Bonchev–Trinajstić information content (AvgIpc) is 3.05. The molecule has 0 radical (unpaired) electrons. The van der Waals surface area contributed by atoms with Gasteiger partial charge in [0.1, 0.15) is 5.69 Å². The number of nitrogens with zero attached hydrogens (tertiary/aromatic N) is 3. The van der Waals surface area contributed by atoms with Crippen LogP contribution in [0.5, 0.6) is 0 Å². The minimum atomic E-state index is -4.56. The van der Waals surface area contributed by atoms with E-state index in [0.29, 0.717) is 24.1 Å². The van der Waals surface area contributed by atoms with E-state index in [1.54, 1.807) is 16.7 Å². The molecule has 0 saturated carbocycles. The number of hydrogen-bond acceptors (Lipinski definition) is 3. The first-order chi connectivity index (χ1) is 10.7. The molecule has 0 atom stereocenters. The maximum atomic E-state index is 12.4. The zero-order valence-electron chi connectivity index (χ0n) is 12.5. The molecule has 0 unspecified atom stereocenters. The summed E-state index contributed by atoms with van der Waals surface area (Å²) < 4.78 is 38.9. The summed E-state index contributed by atoms with van der Waals surface area (Å²) in [6.45, 7) is 4.45. The first kappa shape index (κ1) is 17.3. The molecular weight excluding hydrogens is 335 g/mol. The van der Waals surface area contributed by atoms with Crippen LogP contribution >= 0.6 is 11.6 Å². The van der Waals surface area contributed by atoms with Gasteiger partial charge in [0, 0.05) is 19.2 Å². The first-order valence-corrected chi connectivity index (χ1v) is 7.18. The lowest BCUT2D eigenvalue weighted by atomic mass is 10.3. The molecule has 0 aliphatic heterocycles. The van der Waals surface area contributed by atoms with Crippen molar-refractivity contribution < 1.29 is 18.0 Å². The number of rotatable bonds is 5. The molecule has 0 aliphatic rings. The highest BCUT2D eigenvalue weighted by Gasteiger charge is 2.33. The fourth-order valence-electron chi connectivity index (χ4n) is 2.00. The molecule has 0 aliphatic carbocycles. The van der Waals surface area contributed by atoms with Crippen LogP contribution in [0.4, 0.5) is 13.2 Å². The Bertz CT molecular complexity index is 707. The van der Waals surface area contributed by atoms with Gasteiger partial charge in [0.25, 0.3) is 5.91 Å². The van der Waals surface area contributed by atoms with Crippen LogP contribution in [-0.2, 0) is 12.7 Å². The summed E-state index contributed by atoms with van der Waals surface area (Å²) >= 11 is 6.02. The number of carbonyl (C=O) groups excluding carboxylic acids is 1. The molecule has 10 heteroatoms. The van der Waals surface area contributed by atoms with E-state index in [0.717, 1.165) is 11.4 Å². The lowest BCUT2D eigenvalue weighted by molar-refractivity contribution is -0.141. The molecule has 2 rings (SSSR count). The Labute approximate surface area is 135 Å². The van der Waals surface area contributed by atoms with E-state index in [4.69, 9.17) is 11.6 Å². The van der Waals surface area contributed by atoms with E-state index < -0.39 is 17.8 Å². The monoisotopic (exact) mass is 349 g/mol. The molecule has 2 aromatic heterocycles. The molecule has 2 N–H and O–H groups in total. The molecule has 2 heterocycles. The molecule has 0 aromatic carbocycles. The number of amides is 1. The summed E-state index contributed by atoms with van der Waals surface area (Å²) in [5.74, 6) is -0.664. The van der Waals surface area contributed by atoms with Crippen molar-refractivity contribution >= 4 is 17.5 Å². The summed E-state index contributed by atoms with van der Waals surface area (Å²) in [4.78, 5) is 11.7. The zero-order chi connectivity index (χ0) is 17.2. The van der Waals surface area contributed by atoms with Crippen molar-refractivity contribution in [2.45, 2.75) is 33.0 Å². The Hall–Kier alpha value is -2.03. The van der Waals surface area contributed by atoms with Crippen LogP contribution in [0, 0.1) is 13.8 Å². The molecule has 23 heavy (non-hydrogen) atoms. The summed E-state index contributed by atoms with van der Waals surface area (Å²) in [5.41, 5.74) is 0.202. The van der Waals surface area contributed by atoms with Gasteiger partial charge in [-0.1, -0.05) is 11.6 Å². The van der Waals surface area contributed by atoms with E-state index in [-0.39, 0.29) is 12.2 Å². The Morgan fingerprint density at radius 2 is 2.13 bits per heavy atom. The number of H-pyrrole nitrogens is 1. The predicted molar refractivity (Wildman–Crippen MR) is 77.3 cm³/mol. The van der Waals surface area contributed by atoms with Crippen LogP contribution in [0.3, 0.4) is 0 Å². The summed E-state index contributed by atoms with van der Waals surface area (Å²) in [6.07, 6.45) is -4.00. The average molecular weight is 350 g/mol. The van der Waals surface area contributed by atoms with Crippen molar-refractivity contribution in [1.29, 1.82) is 0 Å². The molecule has 1 amide bonds. The van der Waals surface area contributed by atoms with Crippen molar-refractivity contribution in [3.8, 4) is 0 Å². The third kappa shape index (κ3) is 4.04. The summed E-state index contributed by atoms with van der Waals surface area (Å²) in [7, 11) is 0. The molecule has 0 fully saturated rings. The molecule has 0 spiro atoms. The smallest absolute Gasteiger partial charge is 0.351 e. The van der Waals surface area contributed by atoms with E-state index in [1.165, 1.54) is 0 Å². The lowest BCUT2D eigenvalue weighted by Gasteiger charge is -2.05. The first-order valence-electron chi connectivity index (χ1n) is 6.80. The van der Waals surface area contributed by atoms with Gasteiger partial charge in [-0.05, 0) is 20.3 Å². The van der Waals surface area contributed by atoms with Gasteiger partial charge in [0.2, 0.25) is 0 Å². The minimum absolute atomic E-state index is 0.281. The van der Waals surface area contributed by atoms with Gasteiger partial charge in [0.15, 0.2) is 5.69 Å².